The third kappa shape index (κ3) is 3.65. The summed E-state index contributed by atoms with van der Waals surface area (Å²) in [6, 6.07) is 0.971. The molecule has 0 radical (unpaired) electrons. The molecule has 4 nitrogen and oxygen atoms in total. The Bertz CT molecular complexity index is 225. The van der Waals surface area contributed by atoms with Gasteiger partial charge in [-0.05, 0) is 38.6 Å². The summed E-state index contributed by atoms with van der Waals surface area (Å²) in [6.45, 7) is 4.24. The maximum Gasteiger partial charge on any atom is 0.0521 e. The molecule has 0 saturated carbocycles. The van der Waals surface area contributed by atoms with Crippen molar-refractivity contribution in [2.75, 3.05) is 32.9 Å². The van der Waals surface area contributed by atoms with Crippen LogP contribution >= 0.6 is 0 Å². The molecule has 0 amide bonds. The van der Waals surface area contributed by atoms with E-state index in [9.17, 15) is 0 Å². The van der Waals surface area contributed by atoms with Crippen LogP contribution in [0.15, 0.2) is 0 Å². The molecule has 2 heterocycles. The third-order valence-electron chi connectivity index (χ3n) is 4.20. The second kappa shape index (κ2) is 6.69. The van der Waals surface area contributed by atoms with Crippen LogP contribution in [0.4, 0.5) is 0 Å². The monoisotopic (exact) mass is 242 g/mol. The van der Waals surface area contributed by atoms with Crippen molar-refractivity contribution in [3.05, 3.63) is 0 Å². The van der Waals surface area contributed by atoms with Crippen LogP contribution in [0.1, 0.15) is 32.1 Å². The molecule has 3 atom stereocenters. The molecular weight excluding hydrogens is 216 g/mol. The summed E-state index contributed by atoms with van der Waals surface area (Å²) < 4.78 is 5.53. The van der Waals surface area contributed by atoms with E-state index in [0.29, 0.717) is 24.6 Å². The van der Waals surface area contributed by atoms with Crippen molar-refractivity contribution in [2.45, 2.75) is 44.2 Å². The minimum Gasteiger partial charge on any atom is -0.396 e. The van der Waals surface area contributed by atoms with Gasteiger partial charge in [-0.15, -0.1) is 0 Å². The smallest absolute Gasteiger partial charge is 0.0521 e. The van der Waals surface area contributed by atoms with Gasteiger partial charge < -0.3 is 15.6 Å². The summed E-state index contributed by atoms with van der Waals surface area (Å²) >= 11 is 0. The van der Waals surface area contributed by atoms with Gasteiger partial charge in [-0.2, -0.15) is 0 Å². The number of aliphatic hydroxyl groups is 1. The number of rotatable bonds is 5. The van der Waals surface area contributed by atoms with Gasteiger partial charge in [0.25, 0.3) is 0 Å². The van der Waals surface area contributed by atoms with Gasteiger partial charge >= 0.3 is 0 Å². The van der Waals surface area contributed by atoms with Crippen molar-refractivity contribution < 1.29 is 9.84 Å². The molecule has 2 fully saturated rings. The normalized spacial score (nSPS) is 35.3. The lowest BCUT2D eigenvalue weighted by Gasteiger charge is -2.34. The Kier molecular flexibility index (Phi) is 5.22. The number of hydrogen-bond acceptors (Lipinski definition) is 4. The van der Waals surface area contributed by atoms with Gasteiger partial charge in [0.05, 0.1) is 6.61 Å². The van der Waals surface area contributed by atoms with Crippen LogP contribution in [0.5, 0.6) is 0 Å². The van der Waals surface area contributed by atoms with E-state index in [2.05, 4.69) is 4.90 Å². The Balaban J connectivity index is 1.79. The Morgan fingerprint density at radius 2 is 2.24 bits per heavy atom. The highest BCUT2D eigenvalue weighted by Gasteiger charge is 2.30. The summed E-state index contributed by atoms with van der Waals surface area (Å²) in [6.07, 6.45) is 5.62. The SMILES string of the molecule is NC1CCOCC1CN1CCCC1CCCO. The molecule has 0 aromatic heterocycles. The molecule has 2 aliphatic heterocycles. The van der Waals surface area contributed by atoms with Crippen molar-refractivity contribution in [1.29, 1.82) is 0 Å². The fourth-order valence-electron chi connectivity index (χ4n) is 3.09. The lowest BCUT2D eigenvalue weighted by Crippen LogP contribution is -2.46. The summed E-state index contributed by atoms with van der Waals surface area (Å²) in [4.78, 5) is 2.56. The van der Waals surface area contributed by atoms with Gasteiger partial charge in [-0.1, -0.05) is 0 Å². The second-order valence-electron chi connectivity index (χ2n) is 5.44. The number of ether oxygens (including phenoxy) is 1. The van der Waals surface area contributed by atoms with Gasteiger partial charge in [0.2, 0.25) is 0 Å². The zero-order valence-electron chi connectivity index (χ0n) is 10.7. The number of hydrogen-bond donors (Lipinski definition) is 2. The van der Waals surface area contributed by atoms with E-state index in [1.54, 1.807) is 0 Å². The first kappa shape index (κ1) is 13.3. The van der Waals surface area contributed by atoms with E-state index in [1.165, 1.54) is 19.4 Å². The minimum atomic E-state index is 0.308. The lowest BCUT2D eigenvalue weighted by atomic mass is 9.95. The Morgan fingerprint density at radius 1 is 1.35 bits per heavy atom. The van der Waals surface area contributed by atoms with Gasteiger partial charge in [0, 0.05) is 37.8 Å². The molecular formula is C13H26N2O2. The Hall–Kier alpha value is -0.160. The largest absolute Gasteiger partial charge is 0.396 e. The zero-order chi connectivity index (χ0) is 12.1. The van der Waals surface area contributed by atoms with E-state index in [1.807, 2.05) is 0 Å². The maximum absolute atomic E-state index is 8.92. The van der Waals surface area contributed by atoms with Crippen LogP contribution in [0, 0.1) is 5.92 Å². The topological polar surface area (TPSA) is 58.7 Å². The highest BCUT2D eigenvalue weighted by molar-refractivity contribution is 4.85. The number of nitrogens with two attached hydrogens (primary N) is 1. The summed E-state index contributed by atoms with van der Waals surface area (Å²) in [5.74, 6) is 0.499. The molecule has 2 rings (SSSR count). The molecule has 0 aromatic rings. The number of aliphatic hydroxyl groups excluding tert-OH is 1. The van der Waals surface area contributed by atoms with Crippen molar-refractivity contribution in [2.24, 2.45) is 11.7 Å². The quantitative estimate of drug-likeness (QED) is 0.741. The minimum absolute atomic E-state index is 0.308. The lowest BCUT2D eigenvalue weighted by molar-refractivity contribution is 0.0234. The van der Waals surface area contributed by atoms with Crippen LogP contribution in [-0.2, 0) is 4.74 Å². The van der Waals surface area contributed by atoms with Crippen LogP contribution in [0.3, 0.4) is 0 Å². The third-order valence-corrected chi connectivity index (χ3v) is 4.20. The standard InChI is InChI=1S/C13H26N2O2/c14-13-5-8-17-10-11(13)9-15-6-1-3-12(15)4-2-7-16/h11-13,16H,1-10,14H2. The van der Waals surface area contributed by atoms with Gasteiger partial charge in [0.15, 0.2) is 0 Å². The molecule has 3 unspecified atom stereocenters. The fourth-order valence-corrected chi connectivity index (χ4v) is 3.09. The van der Waals surface area contributed by atoms with E-state index >= 15 is 0 Å². The average molecular weight is 242 g/mol. The maximum atomic E-state index is 8.92. The van der Waals surface area contributed by atoms with Crippen LogP contribution in [-0.4, -0.2) is 55.0 Å². The van der Waals surface area contributed by atoms with Crippen molar-refractivity contribution in [3.8, 4) is 0 Å². The highest BCUT2D eigenvalue weighted by atomic mass is 16.5. The second-order valence-corrected chi connectivity index (χ2v) is 5.44. The van der Waals surface area contributed by atoms with Crippen LogP contribution < -0.4 is 5.73 Å². The van der Waals surface area contributed by atoms with Crippen molar-refractivity contribution in [1.82, 2.24) is 4.90 Å². The predicted molar refractivity (Wildman–Crippen MR) is 67.8 cm³/mol. The molecule has 4 heteroatoms. The molecule has 0 spiro atoms. The summed E-state index contributed by atoms with van der Waals surface area (Å²) in [5.41, 5.74) is 6.16. The van der Waals surface area contributed by atoms with Crippen LogP contribution in [0.2, 0.25) is 0 Å². The van der Waals surface area contributed by atoms with Gasteiger partial charge in [-0.3, -0.25) is 4.90 Å². The number of nitrogens with zero attached hydrogens (tertiary/aromatic N) is 1. The summed E-state index contributed by atoms with van der Waals surface area (Å²) in [5, 5.41) is 8.92. The van der Waals surface area contributed by atoms with E-state index < -0.39 is 0 Å². The van der Waals surface area contributed by atoms with Gasteiger partial charge in [0.1, 0.15) is 0 Å². The van der Waals surface area contributed by atoms with E-state index in [-0.39, 0.29) is 0 Å². The predicted octanol–water partition coefficient (Wildman–Crippen LogP) is 0.587. The van der Waals surface area contributed by atoms with Gasteiger partial charge in [-0.25, -0.2) is 0 Å². The molecule has 17 heavy (non-hydrogen) atoms. The number of likely N-dealkylation sites (tertiary alicyclic amines) is 1. The van der Waals surface area contributed by atoms with Crippen molar-refractivity contribution >= 4 is 0 Å². The molecule has 2 saturated heterocycles. The zero-order valence-corrected chi connectivity index (χ0v) is 10.7. The van der Waals surface area contributed by atoms with Crippen LogP contribution in [0.25, 0.3) is 0 Å². The molecule has 3 N–H and O–H groups in total. The molecule has 0 bridgehead atoms. The molecule has 2 aliphatic rings. The first-order valence-electron chi connectivity index (χ1n) is 6.99. The molecule has 0 aliphatic carbocycles. The first-order chi connectivity index (χ1) is 8.31. The fraction of sp³-hybridized carbons (Fsp3) is 1.00. The summed E-state index contributed by atoms with van der Waals surface area (Å²) in [7, 11) is 0. The Labute approximate surface area is 104 Å². The Morgan fingerprint density at radius 3 is 3.00 bits per heavy atom. The van der Waals surface area contributed by atoms with Crippen molar-refractivity contribution in [3.63, 3.8) is 0 Å². The highest BCUT2D eigenvalue weighted by Crippen LogP contribution is 2.24. The first-order valence-corrected chi connectivity index (χ1v) is 6.99. The van der Waals surface area contributed by atoms with E-state index in [4.69, 9.17) is 15.6 Å². The molecule has 0 aromatic carbocycles. The molecule has 100 valence electrons. The van der Waals surface area contributed by atoms with E-state index in [0.717, 1.165) is 39.0 Å². The average Bonchev–Trinajstić information content (AvgIpc) is 2.77.